The van der Waals surface area contributed by atoms with E-state index in [1.54, 1.807) is 24.4 Å². The number of nitrogens with two attached hydrogens (primary N) is 1. The van der Waals surface area contributed by atoms with Crippen LogP contribution in [0.4, 0.5) is 20.4 Å². The minimum Gasteiger partial charge on any atom is -0.368 e. The number of aryl methyl sites for hydroxylation is 1. The van der Waals surface area contributed by atoms with Crippen molar-refractivity contribution in [2.75, 3.05) is 18.1 Å². The quantitative estimate of drug-likeness (QED) is 0.437. The minimum atomic E-state index is -1.15. The summed E-state index contributed by atoms with van der Waals surface area (Å²) in [6, 6.07) is 12.6. The van der Waals surface area contributed by atoms with Gasteiger partial charge in [-0.1, -0.05) is 12.1 Å². The van der Waals surface area contributed by atoms with Crippen LogP contribution in [0.1, 0.15) is 26.3 Å². The van der Waals surface area contributed by atoms with Crippen LogP contribution >= 0.6 is 0 Å². The number of aromatic nitrogens is 2. The first-order valence-electron chi connectivity index (χ1n) is 9.93. The van der Waals surface area contributed by atoms with Gasteiger partial charge in [-0.25, -0.2) is 18.7 Å². The number of nitrogens with one attached hydrogen (secondary N) is 2. The molecule has 4 rings (SSSR count). The Labute approximate surface area is 187 Å². The molecule has 4 aromatic rings. The molecule has 0 saturated carbocycles. The number of carbonyl (C=O) groups is 2. The lowest BCUT2D eigenvalue weighted by molar-refractivity contribution is 0.0952. The molecule has 0 fully saturated rings. The number of fused-ring (bicyclic) bond motifs is 1. The van der Waals surface area contributed by atoms with E-state index in [2.05, 4.69) is 20.6 Å². The van der Waals surface area contributed by atoms with Gasteiger partial charge < -0.3 is 16.4 Å². The number of halogens is 2. The van der Waals surface area contributed by atoms with Crippen molar-refractivity contribution >= 4 is 34.4 Å². The molecule has 0 aliphatic rings. The molecule has 0 aliphatic heterocycles. The lowest BCUT2D eigenvalue weighted by Crippen LogP contribution is -2.22. The van der Waals surface area contributed by atoms with Gasteiger partial charge in [-0.15, -0.1) is 0 Å². The molecular weight excluding hydrogens is 428 g/mol. The highest BCUT2D eigenvalue weighted by Crippen LogP contribution is 2.28. The molecule has 9 heteroatoms. The van der Waals surface area contributed by atoms with Crippen LogP contribution in [0.2, 0.25) is 0 Å². The van der Waals surface area contributed by atoms with Gasteiger partial charge in [0.15, 0.2) is 5.82 Å². The van der Waals surface area contributed by atoms with E-state index >= 15 is 0 Å². The van der Waals surface area contributed by atoms with Crippen molar-refractivity contribution in [1.82, 2.24) is 15.3 Å². The first kappa shape index (κ1) is 21.8. The predicted octanol–water partition coefficient (Wildman–Crippen LogP) is 4.08. The molecule has 0 atom stereocenters. The average Bonchev–Trinajstić information content (AvgIpc) is 2.80. The van der Waals surface area contributed by atoms with Crippen molar-refractivity contribution in [2.24, 2.45) is 0 Å². The van der Waals surface area contributed by atoms with Crippen molar-refractivity contribution < 1.29 is 18.4 Å². The first-order valence-corrected chi connectivity index (χ1v) is 9.93. The monoisotopic (exact) mass is 447 g/mol. The summed E-state index contributed by atoms with van der Waals surface area (Å²) in [5.41, 5.74) is 8.04. The van der Waals surface area contributed by atoms with Gasteiger partial charge in [-0.05, 0) is 60.0 Å². The summed E-state index contributed by atoms with van der Waals surface area (Å²) < 4.78 is 28.6. The summed E-state index contributed by atoms with van der Waals surface area (Å²) in [5.74, 6) is -3.53. The molecule has 0 spiro atoms. The van der Waals surface area contributed by atoms with Crippen LogP contribution in [-0.2, 0) is 0 Å². The molecule has 4 N–H and O–H groups in total. The number of nitrogen functional groups attached to an aromatic ring is 1. The van der Waals surface area contributed by atoms with E-state index in [1.807, 2.05) is 25.1 Å². The van der Waals surface area contributed by atoms with E-state index in [4.69, 9.17) is 5.73 Å². The third-order valence-corrected chi connectivity index (χ3v) is 5.20. The Hall–Kier alpha value is -4.40. The summed E-state index contributed by atoms with van der Waals surface area (Å²) in [6.45, 7) is 1.90. The third-order valence-electron chi connectivity index (χ3n) is 5.20. The Kier molecular flexibility index (Phi) is 5.70. The molecule has 0 bridgehead atoms. The molecule has 2 amide bonds. The molecule has 1 aromatic heterocycles. The second-order valence-corrected chi connectivity index (χ2v) is 7.35. The van der Waals surface area contributed by atoms with Gasteiger partial charge in [-0.3, -0.25) is 9.59 Å². The normalized spacial score (nSPS) is 10.8. The Morgan fingerprint density at radius 3 is 2.55 bits per heavy atom. The number of hydrogen-bond donors (Lipinski definition) is 3. The lowest BCUT2D eigenvalue weighted by Gasteiger charge is -2.12. The molecule has 0 saturated heterocycles. The number of anilines is 2. The van der Waals surface area contributed by atoms with Gasteiger partial charge in [0, 0.05) is 24.2 Å². The first-order chi connectivity index (χ1) is 15.8. The molecule has 166 valence electrons. The van der Waals surface area contributed by atoms with E-state index in [0.29, 0.717) is 5.52 Å². The number of nitrogens with zero attached hydrogens (tertiary/aromatic N) is 2. The number of amides is 2. The number of rotatable bonds is 4. The zero-order chi connectivity index (χ0) is 23.7. The number of carbonyl (C=O) groups excluding carboxylic acids is 2. The van der Waals surface area contributed by atoms with E-state index in [0.717, 1.165) is 34.2 Å². The molecule has 3 aromatic carbocycles. The van der Waals surface area contributed by atoms with Crippen LogP contribution in [0.15, 0.2) is 54.7 Å². The molecule has 7 nitrogen and oxygen atoms in total. The Bertz CT molecular complexity index is 1420. The smallest absolute Gasteiger partial charge is 0.257 e. The maximum Gasteiger partial charge on any atom is 0.257 e. The van der Waals surface area contributed by atoms with E-state index in [-0.39, 0.29) is 17.2 Å². The summed E-state index contributed by atoms with van der Waals surface area (Å²) in [7, 11) is 1.26. The highest BCUT2D eigenvalue weighted by molar-refractivity contribution is 6.06. The summed E-state index contributed by atoms with van der Waals surface area (Å²) in [6.07, 6.45) is 1.62. The summed E-state index contributed by atoms with van der Waals surface area (Å²) >= 11 is 0. The highest BCUT2D eigenvalue weighted by atomic mass is 19.1. The second kappa shape index (κ2) is 8.62. The van der Waals surface area contributed by atoms with Gasteiger partial charge in [0.1, 0.15) is 11.4 Å². The number of hydrogen-bond acceptors (Lipinski definition) is 5. The van der Waals surface area contributed by atoms with Crippen LogP contribution in [0, 0.1) is 18.6 Å². The fourth-order valence-electron chi connectivity index (χ4n) is 3.47. The van der Waals surface area contributed by atoms with Crippen molar-refractivity contribution in [3.05, 3.63) is 83.1 Å². The third kappa shape index (κ3) is 4.20. The molecule has 33 heavy (non-hydrogen) atoms. The summed E-state index contributed by atoms with van der Waals surface area (Å²) in [4.78, 5) is 32.8. The Morgan fingerprint density at radius 2 is 1.79 bits per heavy atom. The molecule has 0 radical (unpaired) electrons. The topological polar surface area (TPSA) is 110 Å². The zero-order valence-electron chi connectivity index (χ0n) is 17.7. The zero-order valence-corrected chi connectivity index (χ0v) is 17.7. The van der Waals surface area contributed by atoms with E-state index in [9.17, 15) is 18.4 Å². The Morgan fingerprint density at radius 1 is 1.00 bits per heavy atom. The van der Waals surface area contributed by atoms with Crippen molar-refractivity contribution in [1.29, 1.82) is 0 Å². The lowest BCUT2D eigenvalue weighted by atomic mass is 9.97. The van der Waals surface area contributed by atoms with Gasteiger partial charge in [-0.2, -0.15) is 0 Å². The summed E-state index contributed by atoms with van der Waals surface area (Å²) in [5, 5.41) is 5.37. The van der Waals surface area contributed by atoms with E-state index in [1.165, 1.54) is 7.05 Å². The van der Waals surface area contributed by atoms with Gasteiger partial charge >= 0.3 is 0 Å². The van der Waals surface area contributed by atoms with Crippen LogP contribution in [-0.4, -0.2) is 28.8 Å². The predicted molar refractivity (Wildman–Crippen MR) is 122 cm³/mol. The molecule has 0 unspecified atom stereocenters. The molecule has 1 heterocycles. The highest BCUT2D eigenvalue weighted by Gasteiger charge is 2.21. The SMILES string of the molecule is CNC(=O)c1c(F)ccc(NC(=O)c2ccc(C)c(-c3ccc4nc(N)ncc4c3)c2)c1F. The van der Waals surface area contributed by atoms with Gasteiger partial charge in [0.2, 0.25) is 5.95 Å². The van der Waals surface area contributed by atoms with Crippen LogP contribution in [0.25, 0.3) is 22.0 Å². The van der Waals surface area contributed by atoms with E-state index < -0.39 is 29.0 Å². The fraction of sp³-hybridized carbons (Fsp3) is 0.0833. The van der Waals surface area contributed by atoms with Crippen LogP contribution in [0.3, 0.4) is 0 Å². The maximum atomic E-state index is 14.7. The number of benzene rings is 3. The van der Waals surface area contributed by atoms with Crippen molar-refractivity contribution in [3.63, 3.8) is 0 Å². The largest absolute Gasteiger partial charge is 0.368 e. The van der Waals surface area contributed by atoms with Gasteiger partial charge in [0.25, 0.3) is 11.8 Å². The van der Waals surface area contributed by atoms with Gasteiger partial charge in [0.05, 0.1) is 11.2 Å². The Balaban J connectivity index is 1.68. The standard InChI is InChI=1S/C24H19F2N5O2/c1-12-3-4-14(10-16(12)13-5-7-18-15(9-13)11-29-24(27)31-18)22(32)30-19-8-6-17(25)20(21(19)26)23(33)28-2/h3-11H,1-2H3,(H,28,33)(H,30,32)(H2,27,29,31). The maximum absolute atomic E-state index is 14.7. The molecule has 0 aliphatic carbocycles. The minimum absolute atomic E-state index is 0.178. The average molecular weight is 447 g/mol. The fourth-order valence-corrected chi connectivity index (χ4v) is 3.47. The second-order valence-electron chi connectivity index (χ2n) is 7.35. The van der Waals surface area contributed by atoms with Crippen molar-refractivity contribution in [3.8, 4) is 11.1 Å². The van der Waals surface area contributed by atoms with Crippen molar-refractivity contribution in [2.45, 2.75) is 6.92 Å². The van der Waals surface area contributed by atoms with Crippen LogP contribution in [0.5, 0.6) is 0 Å². The molecular formula is C24H19F2N5O2. The van der Waals surface area contributed by atoms with Crippen LogP contribution < -0.4 is 16.4 Å².